The average molecular weight is 409 g/mol. The Labute approximate surface area is 167 Å². The first-order valence-electron chi connectivity index (χ1n) is 9.07. The molecule has 1 aromatic carbocycles. The lowest BCUT2D eigenvalue weighted by molar-refractivity contribution is -0.126. The molecular weight excluding hydrogens is 387 g/mol. The van der Waals surface area contributed by atoms with E-state index in [9.17, 15) is 14.0 Å². The van der Waals surface area contributed by atoms with Gasteiger partial charge in [0.05, 0.1) is 0 Å². The largest absolute Gasteiger partial charge is 0.351 e. The number of rotatable bonds is 6. The molecule has 0 aliphatic heterocycles. The number of amides is 2. The Hall–Kier alpha value is -1.92. The van der Waals surface area contributed by atoms with E-state index in [1.54, 1.807) is 0 Å². The lowest BCUT2D eigenvalue weighted by Gasteiger charge is -2.32. The molecule has 27 heavy (non-hydrogen) atoms. The second-order valence-corrected chi connectivity index (χ2v) is 7.88. The Bertz CT molecular complexity index is 761. The van der Waals surface area contributed by atoms with Crippen LogP contribution in [0.15, 0.2) is 41.8 Å². The zero-order valence-electron chi connectivity index (χ0n) is 14.9. The number of alkyl halides is 1. The highest BCUT2D eigenvalue weighted by Crippen LogP contribution is 2.31. The van der Waals surface area contributed by atoms with E-state index in [2.05, 4.69) is 5.32 Å². The van der Waals surface area contributed by atoms with Gasteiger partial charge in [0, 0.05) is 16.6 Å². The van der Waals surface area contributed by atoms with Crippen molar-refractivity contribution in [3.8, 4) is 0 Å². The molecule has 0 radical (unpaired) electrons. The predicted molar refractivity (Wildman–Crippen MR) is 107 cm³/mol. The first kappa shape index (κ1) is 19.8. The summed E-state index contributed by atoms with van der Waals surface area (Å²) < 4.78 is 13.4. The van der Waals surface area contributed by atoms with E-state index >= 15 is 0 Å². The van der Waals surface area contributed by atoms with Gasteiger partial charge in [0.1, 0.15) is 17.7 Å². The fraction of sp³-hybridized carbons (Fsp3) is 0.400. The van der Waals surface area contributed by atoms with Crippen molar-refractivity contribution in [3.63, 3.8) is 0 Å². The van der Waals surface area contributed by atoms with Crippen LogP contribution in [0.2, 0.25) is 0 Å². The number of thiophene rings is 1. The lowest BCUT2D eigenvalue weighted by Crippen LogP contribution is -2.47. The lowest BCUT2D eigenvalue weighted by atomic mass is 9.95. The number of benzene rings is 1. The minimum absolute atomic E-state index is 0.120. The first-order chi connectivity index (χ1) is 13.1. The zero-order valence-corrected chi connectivity index (χ0v) is 16.4. The van der Waals surface area contributed by atoms with Gasteiger partial charge in [0.25, 0.3) is 0 Å². The number of hydrogen-bond donors (Lipinski definition) is 1. The van der Waals surface area contributed by atoms with Crippen molar-refractivity contribution >= 4 is 40.4 Å². The molecule has 0 saturated heterocycles. The van der Waals surface area contributed by atoms with Gasteiger partial charge in [-0.05, 0) is 48.6 Å². The normalized spacial score (nSPS) is 15.9. The predicted octanol–water partition coefficient (Wildman–Crippen LogP) is 4.65. The second-order valence-electron chi connectivity index (χ2n) is 6.64. The SMILES string of the molecule is O=C(NC1CCCCC1)[C@@H](c1cccs1)N(C(=O)CCl)c1ccc(F)cc1. The van der Waals surface area contributed by atoms with Crippen LogP contribution in [-0.2, 0) is 9.59 Å². The van der Waals surface area contributed by atoms with Crippen LogP contribution < -0.4 is 10.2 Å². The average Bonchev–Trinajstić information content (AvgIpc) is 3.21. The third kappa shape index (κ3) is 4.87. The smallest absolute Gasteiger partial charge is 0.248 e. The molecule has 0 unspecified atom stereocenters. The van der Waals surface area contributed by atoms with E-state index in [-0.39, 0.29) is 17.8 Å². The number of carbonyl (C=O) groups excluding carboxylic acids is 2. The molecular formula is C20H22ClFN2O2S. The molecule has 144 valence electrons. The molecule has 1 fully saturated rings. The Morgan fingerprint density at radius 1 is 1.19 bits per heavy atom. The summed E-state index contributed by atoms with van der Waals surface area (Å²) in [7, 11) is 0. The van der Waals surface area contributed by atoms with Crippen LogP contribution in [0.5, 0.6) is 0 Å². The number of carbonyl (C=O) groups is 2. The van der Waals surface area contributed by atoms with Gasteiger partial charge >= 0.3 is 0 Å². The molecule has 4 nitrogen and oxygen atoms in total. The minimum Gasteiger partial charge on any atom is -0.351 e. The van der Waals surface area contributed by atoms with Crippen molar-refractivity contribution < 1.29 is 14.0 Å². The maximum absolute atomic E-state index is 13.4. The summed E-state index contributed by atoms with van der Waals surface area (Å²) in [6.07, 6.45) is 5.27. The quantitative estimate of drug-likeness (QED) is 0.707. The van der Waals surface area contributed by atoms with Gasteiger partial charge in [0.2, 0.25) is 11.8 Å². The maximum Gasteiger partial charge on any atom is 0.248 e. The molecule has 0 bridgehead atoms. The van der Waals surface area contributed by atoms with Gasteiger partial charge in [-0.15, -0.1) is 22.9 Å². The number of nitrogens with zero attached hydrogens (tertiary/aromatic N) is 1. The fourth-order valence-electron chi connectivity index (χ4n) is 3.45. The molecule has 3 rings (SSSR count). The number of halogens is 2. The Kier molecular flexibility index (Phi) is 6.85. The van der Waals surface area contributed by atoms with Crippen LogP contribution >= 0.6 is 22.9 Å². The molecule has 1 aliphatic rings. The number of hydrogen-bond acceptors (Lipinski definition) is 3. The third-order valence-corrected chi connectivity index (χ3v) is 5.91. The summed E-state index contributed by atoms with van der Waals surface area (Å²) in [6, 6.07) is 8.49. The first-order valence-corrected chi connectivity index (χ1v) is 10.5. The third-order valence-electron chi connectivity index (χ3n) is 4.76. The molecule has 1 aromatic heterocycles. The standard InChI is InChI=1S/C20H22ClFN2O2S/c21-13-18(25)24(16-10-8-14(22)9-11-16)19(17-7-4-12-27-17)20(26)23-15-5-2-1-3-6-15/h4,7-12,15,19H,1-3,5-6,13H2,(H,23,26)/t19-/m1/s1. The van der Waals surface area contributed by atoms with Crippen LogP contribution in [0.4, 0.5) is 10.1 Å². The van der Waals surface area contributed by atoms with Gasteiger partial charge in [-0.1, -0.05) is 25.3 Å². The van der Waals surface area contributed by atoms with E-state index in [0.29, 0.717) is 5.69 Å². The monoisotopic (exact) mass is 408 g/mol. The van der Waals surface area contributed by atoms with Gasteiger partial charge < -0.3 is 5.32 Å². The maximum atomic E-state index is 13.4. The van der Waals surface area contributed by atoms with Crippen molar-refractivity contribution in [1.82, 2.24) is 5.32 Å². The summed E-state index contributed by atoms with van der Waals surface area (Å²) in [6.45, 7) is 0. The highest BCUT2D eigenvalue weighted by Gasteiger charge is 2.34. The Morgan fingerprint density at radius 2 is 1.89 bits per heavy atom. The van der Waals surface area contributed by atoms with E-state index in [1.165, 1.54) is 46.9 Å². The van der Waals surface area contributed by atoms with Gasteiger partial charge in [-0.25, -0.2) is 4.39 Å². The molecule has 2 amide bonds. The van der Waals surface area contributed by atoms with Crippen LogP contribution in [0.25, 0.3) is 0 Å². The van der Waals surface area contributed by atoms with Gasteiger partial charge in [0.15, 0.2) is 0 Å². The van der Waals surface area contributed by atoms with Crippen molar-refractivity contribution in [1.29, 1.82) is 0 Å². The summed E-state index contributed by atoms with van der Waals surface area (Å²) in [5.74, 6) is -1.31. The van der Waals surface area contributed by atoms with Crippen molar-refractivity contribution in [2.75, 3.05) is 10.8 Å². The van der Waals surface area contributed by atoms with E-state index in [0.717, 1.165) is 30.6 Å². The van der Waals surface area contributed by atoms with Crippen LogP contribution in [0.1, 0.15) is 43.0 Å². The number of anilines is 1. The summed E-state index contributed by atoms with van der Waals surface area (Å²) in [4.78, 5) is 28.0. The minimum atomic E-state index is -0.830. The Morgan fingerprint density at radius 3 is 2.48 bits per heavy atom. The van der Waals surface area contributed by atoms with Crippen LogP contribution in [-0.4, -0.2) is 23.7 Å². The summed E-state index contributed by atoms with van der Waals surface area (Å²) >= 11 is 7.24. The molecule has 2 aromatic rings. The fourth-order valence-corrected chi connectivity index (χ4v) is 4.39. The molecule has 1 atom stereocenters. The molecule has 1 heterocycles. The van der Waals surface area contributed by atoms with Crippen molar-refractivity contribution in [2.24, 2.45) is 0 Å². The van der Waals surface area contributed by atoms with Crippen LogP contribution in [0, 0.1) is 5.82 Å². The molecule has 1 saturated carbocycles. The molecule has 0 spiro atoms. The second kappa shape index (κ2) is 9.33. The highest BCUT2D eigenvalue weighted by atomic mass is 35.5. The zero-order chi connectivity index (χ0) is 19.2. The number of nitrogens with one attached hydrogen (secondary N) is 1. The Balaban J connectivity index is 1.94. The van der Waals surface area contributed by atoms with Crippen LogP contribution in [0.3, 0.4) is 0 Å². The molecule has 1 N–H and O–H groups in total. The van der Waals surface area contributed by atoms with Crippen molar-refractivity contribution in [2.45, 2.75) is 44.2 Å². The summed E-state index contributed by atoms with van der Waals surface area (Å²) in [5.41, 5.74) is 0.444. The molecule has 1 aliphatic carbocycles. The topological polar surface area (TPSA) is 49.4 Å². The highest BCUT2D eigenvalue weighted by molar-refractivity contribution is 7.10. The van der Waals surface area contributed by atoms with E-state index in [4.69, 9.17) is 11.6 Å². The summed E-state index contributed by atoms with van der Waals surface area (Å²) in [5, 5.41) is 4.97. The van der Waals surface area contributed by atoms with E-state index in [1.807, 2.05) is 17.5 Å². The molecule has 7 heteroatoms. The van der Waals surface area contributed by atoms with Gasteiger partial charge in [-0.2, -0.15) is 0 Å². The van der Waals surface area contributed by atoms with Crippen molar-refractivity contribution in [3.05, 3.63) is 52.5 Å². The van der Waals surface area contributed by atoms with Gasteiger partial charge in [-0.3, -0.25) is 14.5 Å². The van der Waals surface area contributed by atoms with E-state index < -0.39 is 17.8 Å².